The molecule has 1 saturated heterocycles. The molecule has 9 heteroatoms. The predicted molar refractivity (Wildman–Crippen MR) is 94.8 cm³/mol. The van der Waals surface area contributed by atoms with Gasteiger partial charge in [-0.3, -0.25) is 19.4 Å². The monoisotopic (exact) mass is 378 g/mol. The van der Waals surface area contributed by atoms with E-state index in [4.69, 9.17) is 5.73 Å². The number of pyridine rings is 1. The Hall–Kier alpha value is -3.10. The largest absolute Gasteiger partial charge is 0.368 e. The van der Waals surface area contributed by atoms with Gasteiger partial charge in [0.2, 0.25) is 11.8 Å². The van der Waals surface area contributed by atoms with Crippen LogP contribution in [0.15, 0.2) is 31.0 Å². The fourth-order valence-corrected chi connectivity index (χ4v) is 2.84. The first kappa shape index (κ1) is 20.2. The number of aromatic nitrogens is 1. The summed E-state index contributed by atoms with van der Waals surface area (Å²) >= 11 is 0. The van der Waals surface area contributed by atoms with E-state index in [1.54, 1.807) is 19.1 Å². The van der Waals surface area contributed by atoms with Gasteiger partial charge < -0.3 is 16.0 Å². The summed E-state index contributed by atoms with van der Waals surface area (Å²) < 4.78 is 27.1. The average molecular weight is 378 g/mol. The van der Waals surface area contributed by atoms with Crippen molar-refractivity contribution in [2.45, 2.75) is 25.3 Å². The quantitative estimate of drug-likeness (QED) is 0.722. The second kappa shape index (κ2) is 8.07. The minimum absolute atomic E-state index is 0.270. The van der Waals surface area contributed by atoms with Crippen LogP contribution in [0.2, 0.25) is 0 Å². The van der Waals surface area contributed by atoms with Crippen LogP contribution in [0.25, 0.3) is 6.08 Å². The Morgan fingerprint density at radius 2 is 2.19 bits per heavy atom. The van der Waals surface area contributed by atoms with Crippen LogP contribution in [-0.4, -0.2) is 52.7 Å². The molecule has 3 N–H and O–H groups in total. The number of nitrogens with one attached hydrogen (secondary N) is 1. The van der Waals surface area contributed by atoms with Crippen LogP contribution in [0, 0.1) is 6.92 Å². The topological polar surface area (TPSA) is 105 Å². The van der Waals surface area contributed by atoms with E-state index in [2.05, 4.69) is 16.9 Å². The number of alkyl halides is 2. The van der Waals surface area contributed by atoms with Crippen LogP contribution in [0.5, 0.6) is 0 Å². The minimum Gasteiger partial charge on any atom is -0.368 e. The van der Waals surface area contributed by atoms with Gasteiger partial charge in [-0.2, -0.15) is 0 Å². The lowest BCUT2D eigenvalue weighted by atomic mass is 10.1. The van der Waals surface area contributed by atoms with Crippen molar-refractivity contribution < 1.29 is 23.2 Å². The highest BCUT2D eigenvalue weighted by Crippen LogP contribution is 2.31. The van der Waals surface area contributed by atoms with Crippen molar-refractivity contribution in [1.82, 2.24) is 15.2 Å². The van der Waals surface area contributed by atoms with E-state index < -0.39 is 49.2 Å². The predicted octanol–water partition coefficient (Wildman–Crippen LogP) is 1.04. The Labute approximate surface area is 154 Å². The molecule has 0 aromatic carbocycles. The average Bonchev–Trinajstić information content (AvgIpc) is 2.94. The first-order valence-corrected chi connectivity index (χ1v) is 8.16. The normalized spacial score (nSPS) is 18.5. The molecule has 1 aromatic rings. The Balaban J connectivity index is 2.11. The molecule has 1 fully saturated rings. The maximum absolute atomic E-state index is 13.5. The van der Waals surface area contributed by atoms with Crippen LogP contribution in [-0.2, 0) is 9.59 Å². The van der Waals surface area contributed by atoms with Gasteiger partial charge in [0, 0.05) is 29.4 Å². The summed E-state index contributed by atoms with van der Waals surface area (Å²) in [6.07, 6.45) is 5.45. The lowest BCUT2D eigenvalue weighted by molar-refractivity contribution is -0.136. The number of halogens is 2. The number of nitrogens with two attached hydrogens (primary N) is 1. The van der Waals surface area contributed by atoms with Gasteiger partial charge in [0.25, 0.3) is 11.8 Å². The molecular formula is C18H20F2N4O3. The van der Waals surface area contributed by atoms with Gasteiger partial charge >= 0.3 is 0 Å². The van der Waals surface area contributed by atoms with E-state index in [0.29, 0.717) is 16.2 Å². The third kappa shape index (κ3) is 4.75. The molecule has 1 unspecified atom stereocenters. The number of primary amides is 1. The van der Waals surface area contributed by atoms with E-state index in [1.165, 1.54) is 18.3 Å². The van der Waals surface area contributed by atoms with Crippen LogP contribution in [0.4, 0.5) is 8.78 Å². The Bertz CT molecular complexity index is 808. The summed E-state index contributed by atoms with van der Waals surface area (Å²) in [4.78, 5) is 40.8. The Morgan fingerprint density at radius 3 is 2.81 bits per heavy atom. The number of rotatable bonds is 6. The Kier molecular flexibility index (Phi) is 6.04. The van der Waals surface area contributed by atoms with Gasteiger partial charge in [0.1, 0.15) is 6.04 Å². The number of hydrogen-bond acceptors (Lipinski definition) is 4. The van der Waals surface area contributed by atoms with E-state index in [1.807, 2.05) is 0 Å². The number of hydrogen-bond donors (Lipinski definition) is 2. The van der Waals surface area contributed by atoms with Gasteiger partial charge in [-0.1, -0.05) is 24.8 Å². The zero-order valence-corrected chi connectivity index (χ0v) is 14.7. The number of aryl methyl sites for hydroxylation is 1. The maximum Gasteiger partial charge on any atom is 0.267 e. The maximum atomic E-state index is 13.5. The van der Waals surface area contributed by atoms with E-state index in [9.17, 15) is 23.2 Å². The second-order valence-electron chi connectivity index (χ2n) is 6.13. The third-order valence-electron chi connectivity index (χ3n) is 4.15. The summed E-state index contributed by atoms with van der Waals surface area (Å²) in [5.41, 5.74) is 6.51. The molecule has 0 radical (unpaired) electrons. The molecule has 2 rings (SSSR count). The van der Waals surface area contributed by atoms with Gasteiger partial charge in [-0.25, -0.2) is 8.78 Å². The number of amides is 3. The van der Waals surface area contributed by atoms with Crippen molar-refractivity contribution in [2.75, 3.05) is 13.1 Å². The van der Waals surface area contributed by atoms with E-state index in [0.717, 1.165) is 0 Å². The molecule has 1 aromatic heterocycles. The zero-order valence-electron chi connectivity index (χ0n) is 14.7. The molecule has 0 bridgehead atoms. The summed E-state index contributed by atoms with van der Waals surface area (Å²) in [5, 5.41) is 2.39. The summed E-state index contributed by atoms with van der Waals surface area (Å²) in [5.74, 6) is -5.57. The fraction of sp³-hybridized carbons (Fsp3) is 0.333. The highest BCUT2D eigenvalue weighted by Gasteiger charge is 2.49. The van der Waals surface area contributed by atoms with Crippen LogP contribution >= 0.6 is 0 Å². The molecule has 0 saturated carbocycles. The van der Waals surface area contributed by atoms with E-state index >= 15 is 0 Å². The molecule has 3 amide bonds. The highest BCUT2D eigenvalue weighted by atomic mass is 19.3. The third-order valence-corrected chi connectivity index (χ3v) is 4.15. The molecule has 144 valence electrons. The van der Waals surface area contributed by atoms with Gasteiger partial charge in [0.05, 0.1) is 13.1 Å². The molecule has 2 heterocycles. The molecule has 27 heavy (non-hydrogen) atoms. The smallest absolute Gasteiger partial charge is 0.267 e. The van der Waals surface area contributed by atoms with Gasteiger partial charge in [-0.05, 0) is 13.0 Å². The first-order valence-electron chi connectivity index (χ1n) is 8.16. The second-order valence-corrected chi connectivity index (χ2v) is 6.13. The van der Waals surface area contributed by atoms with E-state index in [-0.39, 0.29) is 5.56 Å². The minimum atomic E-state index is -3.19. The number of carbonyl (C=O) groups is 3. The summed E-state index contributed by atoms with van der Waals surface area (Å²) in [6, 6.07) is 0.0878. The number of nitrogens with zero attached hydrogens (tertiary/aromatic N) is 2. The fourth-order valence-electron chi connectivity index (χ4n) is 2.84. The van der Waals surface area contributed by atoms with Crippen molar-refractivity contribution in [2.24, 2.45) is 5.73 Å². The number of carbonyl (C=O) groups excluding carboxylic acids is 3. The molecule has 0 aliphatic carbocycles. The molecule has 1 aliphatic rings. The molecular weight excluding hydrogens is 358 g/mol. The number of likely N-dealkylation sites (tertiary alicyclic amines) is 1. The highest BCUT2D eigenvalue weighted by molar-refractivity contribution is 6.00. The molecule has 1 atom stereocenters. The number of allylic oxidation sites excluding steroid dienone is 2. The lowest BCUT2D eigenvalue weighted by Gasteiger charge is -2.21. The van der Waals surface area contributed by atoms with Crippen molar-refractivity contribution in [3.8, 4) is 0 Å². The van der Waals surface area contributed by atoms with Crippen molar-refractivity contribution in [3.63, 3.8) is 0 Å². The standard InChI is InChI=1S/C18H20F2N4O3/c1-3-4-5-12-11(2)22-7-6-13(12)17(27)23-9-15(25)24-10-18(19,20)8-14(24)16(21)26/h3-7,14H,1,8-10H2,2H3,(H2,21,26)(H,23,27)/b5-4-. The van der Waals surface area contributed by atoms with Crippen LogP contribution < -0.4 is 11.1 Å². The van der Waals surface area contributed by atoms with Crippen molar-refractivity contribution in [3.05, 3.63) is 47.8 Å². The first-order chi connectivity index (χ1) is 12.7. The summed E-state index contributed by atoms with van der Waals surface area (Å²) in [7, 11) is 0. The molecule has 0 spiro atoms. The zero-order chi connectivity index (χ0) is 20.2. The molecule has 7 nitrogen and oxygen atoms in total. The van der Waals surface area contributed by atoms with Crippen molar-refractivity contribution in [1.29, 1.82) is 0 Å². The summed E-state index contributed by atoms with van der Waals surface area (Å²) in [6.45, 7) is 3.83. The Morgan fingerprint density at radius 1 is 1.48 bits per heavy atom. The van der Waals surface area contributed by atoms with Gasteiger partial charge in [-0.15, -0.1) is 0 Å². The molecule has 1 aliphatic heterocycles. The van der Waals surface area contributed by atoms with Crippen LogP contribution in [0.3, 0.4) is 0 Å². The lowest BCUT2D eigenvalue weighted by Crippen LogP contribution is -2.47. The van der Waals surface area contributed by atoms with Crippen molar-refractivity contribution >= 4 is 23.8 Å². The van der Waals surface area contributed by atoms with Gasteiger partial charge in [0.15, 0.2) is 0 Å². The SMILES string of the molecule is C=C/C=C\c1c(C(=O)NCC(=O)N2CC(F)(F)CC2C(N)=O)ccnc1C. The van der Waals surface area contributed by atoms with Crippen LogP contribution in [0.1, 0.15) is 28.0 Å².